The second-order valence-corrected chi connectivity index (χ2v) is 11.5. The number of allylic oxidation sites excluding steroid dienone is 3. The van der Waals surface area contributed by atoms with Crippen molar-refractivity contribution in [3.8, 4) is 11.5 Å². The van der Waals surface area contributed by atoms with Crippen molar-refractivity contribution in [2.24, 2.45) is 0 Å². The highest BCUT2D eigenvalue weighted by Crippen LogP contribution is 2.48. The summed E-state index contributed by atoms with van der Waals surface area (Å²) in [6, 6.07) is 11.1. The van der Waals surface area contributed by atoms with Gasteiger partial charge in [0, 0.05) is 34.3 Å². The van der Waals surface area contributed by atoms with Gasteiger partial charge in [0.1, 0.15) is 6.10 Å². The van der Waals surface area contributed by atoms with Crippen LogP contribution in [0.1, 0.15) is 75.3 Å². The number of aromatic hydroxyl groups is 1. The van der Waals surface area contributed by atoms with E-state index in [1.54, 1.807) is 12.1 Å². The molecular formula is C30H31BrClNO5. The summed E-state index contributed by atoms with van der Waals surface area (Å²) in [5.74, 6) is -0.807. The van der Waals surface area contributed by atoms with E-state index >= 15 is 0 Å². The average Bonchev–Trinajstić information content (AvgIpc) is 3.39. The van der Waals surface area contributed by atoms with E-state index in [9.17, 15) is 14.7 Å². The van der Waals surface area contributed by atoms with E-state index in [-0.39, 0.29) is 23.6 Å². The fourth-order valence-corrected chi connectivity index (χ4v) is 6.45. The highest BCUT2D eigenvalue weighted by atomic mass is 79.9. The van der Waals surface area contributed by atoms with Crippen LogP contribution < -0.4 is 10.1 Å². The summed E-state index contributed by atoms with van der Waals surface area (Å²) < 4.78 is 12.1. The quantitative estimate of drug-likeness (QED) is 0.346. The van der Waals surface area contributed by atoms with Crippen LogP contribution in [0.25, 0.3) is 0 Å². The van der Waals surface area contributed by atoms with Crippen LogP contribution in [0.4, 0.5) is 0 Å². The molecule has 5 rings (SSSR count). The first-order valence-corrected chi connectivity index (χ1v) is 14.3. The Morgan fingerprint density at radius 3 is 2.53 bits per heavy atom. The number of Topliss-reactive ketones (excluding diaryl/α,β-unsaturated/α-hetero) is 1. The summed E-state index contributed by atoms with van der Waals surface area (Å²) >= 11 is 9.53. The number of nitrogens with one attached hydrogen (secondary N) is 1. The van der Waals surface area contributed by atoms with E-state index in [1.807, 2.05) is 38.1 Å². The molecule has 200 valence electrons. The van der Waals surface area contributed by atoms with E-state index in [0.717, 1.165) is 36.9 Å². The third kappa shape index (κ3) is 5.23. The largest absolute Gasteiger partial charge is 0.503 e. The van der Waals surface area contributed by atoms with Crippen LogP contribution in [0, 0.1) is 0 Å². The summed E-state index contributed by atoms with van der Waals surface area (Å²) in [4.78, 5) is 27.5. The highest BCUT2D eigenvalue weighted by Gasteiger charge is 2.42. The molecule has 0 unspecified atom stereocenters. The van der Waals surface area contributed by atoms with E-state index in [0.29, 0.717) is 57.1 Å². The Balaban J connectivity index is 1.59. The first kappa shape index (κ1) is 26.8. The van der Waals surface area contributed by atoms with Crippen LogP contribution in [0.2, 0.25) is 5.02 Å². The molecule has 1 heterocycles. The Kier molecular flexibility index (Phi) is 7.87. The smallest absolute Gasteiger partial charge is 0.337 e. The second kappa shape index (κ2) is 11.1. The number of benzene rings is 2. The Morgan fingerprint density at radius 1 is 1.13 bits per heavy atom. The molecule has 0 bridgehead atoms. The Morgan fingerprint density at radius 2 is 1.84 bits per heavy atom. The Hall–Kier alpha value is -2.77. The molecular weight excluding hydrogens is 570 g/mol. The summed E-state index contributed by atoms with van der Waals surface area (Å²) in [5.41, 5.74) is 4.20. The number of hydrogen-bond acceptors (Lipinski definition) is 6. The average molecular weight is 601 g/mol. The van der Waals surface area contributed by atoms with Gasteiger partial charge in [-0.1, -0.05) is 23.7 Å². The lowest BCUT2D eigenvalue weighted by Gasteiger charge is -2.37. The first-order valence-electron chi connectivity index (χ1n) is 13.1. The van der Waals surface area contributed by atoms with E-state index in [2.05, 4.69) is 21.2 Å². The lowest BCUT2D eigenvalue weighted by molar-refractivity contribution is -0.144. The molecule has 8 heteroatoms. The van der Waals surface area contributed by atoms with Crippen LogP contribution in [0.5, 0.6) is 11.5 Å². The number of carbonyl (C=O) groups is 2. The fourth-order valence-electron chi connectivity index (χ4n) is 5.86. The molecule has 38 heavy (non-hydrogen) atoms. The predicted molar refractivity (Wildman–Crippen MR) is 149 cm³/mol. The van der Waals surface area contributed by atoms with Gasteiger partial charge in [0.25, 0.3) is 0 Å². The molecule has 0 aromatic heterocycles. The van der Waals surface area contributed by atoms with Gasteiger partial charge in [0.15, 0.2) is 17.3 Å². The van der Waals surface area contributed by atoms with Crippen LogP contribution in [-0.4, -0.2) is 29.6 Å². The molecule has 2 aliphatic carbocycles. The SMILES string of the molecule is CCOc1cc([C@@H]2C(C(=O)OC3CCCC3)=C(C)NC3=C2C(=O)C[C@H](c2ccc(Cl)cc2)C3)cc(Br)c1O. The molecule has 0 radical (unpaired) electrons. The van der Waals surface area contributed by atoms with Crippen molar-refractivity contribution in [2.75, 3.05) is 6.61 Å². The molecule has 0 amide bonds. The van der Waals surface area contributed by atoms with Gasteiger partial charge in [-0.05, 0) is 103 Å². The number of dihydropyridines is 1. The number of hydrogen-bond donors (Lipinski definition) is 2. The molecule has 0 spiro atoms. The van der Waals surface area contributed by atoms with E-state index in [4.69, 9.17) is 21.1 Å². The van der Waals surface area contributed by atoms with Crippen molar-refractivity contribution in [3.63, 3.8) is 0 Å². The minimum atomic E-state index is -0.644. The van der Waals surface area contributed by atoms with Crippen LogP contribution >= 0.6 is 27.5 Å². The molecule has 1 fully saturated rings. The molecule has 2 aromatic rings. The van der Waals surface area contributed by atoms with Crippen molar-refractivity contribution < 1.29 is 24.2 Å². The van der Waals surface area contributed by atoms with E-state index < -0.39 is 11.9 Å². The molecule has 6 nitrogen and oxygen atoms in total. The van der Waals surface area contributed by atoms with Gasteiger partial charge >= 0.3 is 5.97 Å². The topological polar surface area (TPSA) is 84.9 Å². The van der Waals surface area contributed by atoms with Crippen molar-refractivity contribution in [3.05, 3.63) is 79.6 Å². The van der Waals surface area contributed by atoms with Gasteiger partial charge in [-0.2, -0.15) is 0 Å². The lowest BCUT2D eigenvalue weighted by atomic mass is 9.71. The van der Waals surface area contributed by atoms with Gasteiger partial charge in [-0.25, -0.2) is 4.79 Å². The number of phenols is 1. The van der Waals surface area contributed by atoms with Crippen LogP contribution in [-0.2, 0) is 14.3 Å². The van der Waals surface area contributed by atoms with Gasteiger partial charge in [-0.15, -0.1) is 0 Å². The number of rotatable bonds is 6. The zero-order valence-electron chi connectivity index (χ0n) is 21.5. The predicted octanol–water partition coefficient (Wildman–Crippen LogP) is 7.05. The van der Waals surface area contributed by atoms with Crippen LogP contribution in [0.15, 0.2) is 63.4 Å². The van der Waals surface area contributed by atoms with Gasteiger partial charge in [0.05, 0.1) is 16.7 Å². The summed E-state index contributed by atoms with van der Waals surface area (Å²) in [5, 5.41) is 14.6. The van der Waals surface area contributed by atoms with Crippen molar-refractivity contribution in [1.29, 1.82) is 0 Å². The highest BCUT2D eigenvalue weighted by molar-refractivity contribution is 9.10. The van der Waals surface area contributed by atoms with Crippen molar-refractivity contribution in [2.45, 2.75) is 70.3 Å². The molecule has 3 aliphatic rings. The number of carbonyl (C=O) groups excluding carboxylic acids is 2. The van der Waals surface area contributed by atoms with Gasteiger partial charge < -0.3 is 19.9 Å². The van der Waals surface area contributed by atoms with Gasteiger partial charge in [0.2, 0.25) is 0 Å². The molecule has 2 N–H and O–H groups in total. The lowest BCUT2D eigenvalue weighted by Crippen LogP contribution is -2.36. The van der Waals surface area contributed by atoms with Crippen molar-refractivity contribution >= 4 is 39.3 Å². The minimum Gasteiger partial charge on any atom is -0.503 e. The second-order valence-electron chi connectivity index (χ2n) is 10.2. The number of ether oxygens (including phenoxy) is 2. The maximum absolute atomic E-state index is 13.9. The zero-order valence-corrected chi connectivity index (χ0v) is 23.8. The van der Waals surface area contributed by atoms with Crippen molar-refractivity contribution in [1.82, 2.24) is 5.32 Å². The number of esters is 1. The Labute approximate surface area is 236 Å². The fraction of sp³-hybridized carbons (Fsp3) is 0.400. The summed E-state index contributed by atoms with van der Waals surface area (Å²) in [6.45, 7) is 4.05. The number of phenolic OH excluding ortho intramolecular Hbond substituents is 1. The minimum absolute atomic E-state index is 0.00278. The Bertz CT molecular complexity index is 1330. The third-order valence-electron chi connectivity index (χ3n) is 7.65. The van der Waals surface area contributed by atoms with Crippen LogP contribution in [0.3, 0.4) is 0 Å². The first-order chi connectivity index (χ1) is 18.3. The normalized spacial score (nSPS) is 21.8. The third-order valence-corrected chi connectivity index (χ3v) is 8.51. The molecule has 1 aliphatic heterocycles. The van der Waals surface area contributed by atoms with E-state index in [1.165, 1.54) is 0 Å². The standard InChI is InChI=1S/C30H31BrClNO5/c1-3-37-25-15-19(12-22(31)29(25)35)27-26(30(36)38-21-6-4-5-7-21)16(2)33-23-13-18(14-24(34)28(23)27)17-8-10-20(32)11-9-17/h8-12,15,18,21,27,33,35H,3-7,13-14H2,1-2H3/t18-,27-/m1/s1. The molecule has 1 saturated carbocycles. The zero-order chi connectivity index (χ0) is 27.0. The molecule has 0 saturated heterocycles. The number of halogens is 2. The maximum Gasteiger partial charge on any atom is 0.337 e. The summed E-state index contributed by atoms with van der Waals surface area (Å²) in [7, 11) is 0. The molecule has 2 aromatic carbocycles. The monoisotopic (exact) mass is 599 g/mol. The summed E-state index contributed by atoms with van der Waals surface area (Å²) in [6.07, 6.45) is 4.62. The maximum atomic E-state index is 13.9. The number of ketones is 1. The molecule has 2 atom stereocenters. The van der Waals surface area contributed by atoms with Gasteiger partial charge in [-0.3, -0.25) is 4.79 Å².